The Labute approximate surface area is 521 Å². The molecule has 0 bridgehead atoms. The van der Waals surface area contributed by atoms with Crippen LogP contribution in [0.2, 0.25) is 0 Å². The van der Waals surface area contributed by atoms with Crippen molar-refractivity contribution in [2.24, 2.45) is 53.3 Å². The van der Waals surface area contributed by atoms with Crippen molar-refractivity contribution >= 4 is 59.3 Å². The van der Waals surface area contributed by atoms with E-state index in [4.69, 9.17) is 9.47 Å². The molecule has 0 aromatic carbocycles. The maximum absolute atomic E-state index is 15.1. The van der Waals surface area contributed by atoms with Crippen LogP contribution in [0.3, 0.4) is 0 Å². The molecule has 3 rings (SSSR count). The molecular weight excluding hydrogens is 1110 g/mol. The smallest absolute Gasteiger partial charge is 0.408 e. The molecule has 9 N–H and O–H groups in total. The van der Waals surface area contributed by atoms with Gasteiger partial charge in [0.15, 0.2) is 0 Å². The van der Waals surface area contributed by atoms with Gasteiger partial charge in [-0.05, 0) is 151 Å². The SMILES string of the molecule is COC(=O)[C@@]1(NC(=O)[C@H](CC(C)C)NC(=O)[C@H](CC(C)C)NC(=O)[C@@]2(NC(=O)[C@H](CC(C)C)NC(=O)[C@H](CC(C)C)NC(=O)[C@@]3(NC(=O)[C@H](CC(C)C)NC(=O)[C@H](CC(C)C)NC(=O)OC(C)(C)C)CCC[C@@H](C)C3)CCC[C@@H](C)C2)CCC[C@@H](C)C1. The second-order valence-electron chi connectivity index (χ2n) is 30.0. The molecule has 0 heterocycles. The molecule has 0 saturated heterocycles. The van der Waals surface area contributed by atoms with Gasteiger partial charge in [-0.2, -0.15) is 0 Å². The number of rotatable bonds is 30. The second kappa shape index (κ2) is 33.9. The lowest BCUT2D eigenvalue weighted by Gasteiger charge is -2.42. The monoisotopic (exact) mass is 1230 g/mol. The van der Waals surface area contributed by atoms with Crippen LogP contribution in [0, 0.1) is 53.3 Å². The minimum Gasteiger partial charge on any atom is -0.467 e. The molecular formula is C66H117N9O12. The summed E-state index contributed by atoms with van der Waals surface area (Å²) in [5.74, 6) is -5.44. The molecule has 87 heavy (non-hydrogen) atoms. The molecule has 0 aliphatic heterocycles. The molecule has 21 nitrogen and oxygen atoms in total. The van der Waals surface area contributed by atoms with Gasteiger partial charge in [0.25, 0.3) is 0 Å². The summed E-state index contributed by atoms with van der Waals surface area (Å²) in [4.78, 5) is 144. The second-order valence-corrected chi connectivity index (χ2v) is 30.0. The van der Waals surface area contributed by atoms with Crippen molar-refractivity contribution in [3.05, 3.63) is 0 Å². The number of alkyl carbamates (subject to hydrolysis) is 1. The standard InChI is InChI=1S/C66H117N9O12/c1-38(2)29-47(70-60(83)65(27-21-24-45(14)36-65)74-57(80)51(33-42(9)10)69-55(78)49(31-40(5)6)72-62(85)87-63(16,17)18)53(76)67-50(32-41(7)8)56(79)73-64(26-20-23-44(13)35-64)59(82)71-48(30-39(3)4)54(77)68-52(34-43(11)12)58(81)75-66(61(84)86-19)28-22-25-46(15)37-66/h38-52H,20-37H2,1-19H3,(H,67,76)(H,68,77)(H,69,78)(H,70,83)(H,71,82)(H,72,85)(H,73,79)(H,74,80)(H,75,81)/t44-,45-,46-,47+,48+,49+,50+,51+,52+,64-,65-,66-/m1/s1. The summed E-state index contributed by atoms with van der Waals surface area (Å²) in [6.07, 6.45) is 6.73. The summed E-state index contributed by atoms with van der Waals surface area (Å²) in [7, 11) is 1.30. The van der Waals surface area contributed by atoms with Gasteiger partial charge in [0.2, 0.25) is 47.3 Å². The largest absolute Gasteiger partial charge is 0.467 e. The topological polar surface area (TPSA) is 297 Å². The Morgan fingerprint density at radius 2 is 0.644 bits per heavy atom. The molecule has 0 radical (unpaired) electrons. The van der Waals surface area contributed by atoms with Gasteiger partial charge in [-0.1, -0.05) is 142 Å². The maximum Gasteiger partial charge on any atom is 0.408 e. The summed E-state index contributed by atoms with van der Waals surface area (Å²) in [6, 6.07) is -6.58. The van der Waals surface area contributed by atoms with E-state index in [1.807, 2.05) is 104 Å². The van der Waals surface area contributed by atoms with Crippen molar-refractivity contribution in [2.45, 2.75) is 299 Å². The fraction of sp³-hybridized carbons (Fsp3) is 0.848. The normalized spacial score (nSPS) is 24.6. The van der Waals surface area contributed by atoms with E-state index in [1.165, 1.54) is 7.11 Å². The lowest BCUT2D eigenvalue weighted by Crippen LogP contribution is -2.67. The summed E-state index contributed by atoms with van der Waals surface area (Å²) < 4.78 is 10.7. The van der Waals surface area contributed by atoms with Gasteiger partial charge in [0, 0.05) is 0 Å². The van der Waals surface area contributed by atoms with Gasteiger partial charge in [-0.25, -0.2) is 9.59 Å². The van der Waals surface area contributed by atoms with Crippen molar-refractivity contribution in [1.29, 1.82) is 0 Å². The lowest BCUT2D eigenvalue weighted by molar-refractivity contribution is -0.154. The first kappa shape index (κ1) is 75.7. The van der Waals surface area contributed by atoms with Crippen LogP contribution in [0.1, 0.15) is 240 Å². The predicted molar refractivity (Wildman–Crippen MR) is 337 cm³/mol. The van der Waals surface area contributed by atoms with Crippen molar-refractivity contribution in [3.63, 3.8) is 0 Å². The molecule has 12 atom stereocenters. The number of esters is 1. The number of carbonyl (C=O) groups excluding carboxylic acids is 10. The summed E-state index contributed by atoms with van der Waals surface area (Å²) in [5.41, 5.74) is -5.03. The van der Waals surface area contributed by atoms with Crippen LogP contribution in [0.5, 0.6) is 0 Å². The third kappa shape index (κ3) is 24.4. The van der Waals surface area contributed by atoms with Gasteiger partial charge in [0.05, 0.1) is 7.11 Å². The fourth-order valence-corrected chi connectivity index (χ4v) is 13.0. The van der Waals surface area contributed by atoms with Gasteiger partial charge in [0.1, 0.15) is 58.5 Å². The van der Waals surface area contributed by atoms with Crippen molar-refractivity contribution in [3.8, 4) is 0 Å². The highest BCUT2D eigenvalue weighted by molar-refractivity contribution is 6.00. The number of nitrogens with one attached hydrogen (secondary N) is 9. The van der Waals surface area contributed by atoms with Crippen LogP contribution in [-0.2, 0) is 52.6 Å². The summed E-state index contributed by atoms with van der Waals surface area (Å²) in [5, 5.41) is 26.7. The molecule has 9 amide bonds. The zero-order chi connectivity index (χ0) is 65.9. The van der Waals surface area contributed by atoms with Crippen LogP contribution in [0.4, 0.5) is 4.79 Å². The van der Waals surface area contributed by atoms with Gasteiger partial charge in [-0.15, -0.1) is 0 Å². The molecule has 0 aromatic heterocycles. The first-order valence-electron chi connectivity index (χ1n) is 32.9. The van der Waals surface area contributed by atoms with Gasteiger partial charge in [-0.3, -0.25) is 38.4 Å². The van der Waals surface area contributed by atoms with Crippen LogP contribution in [0.25, 0.3) is 0 Å². The Morgan fingerprint density at radius 3 is 0.908 bits per heavy atom. The van der Waals surface area contributed by atoms with E-state index in [0.717, 1.165) is 19.3 Å². The minimum absolute atomic E-state index is 0.000464. The minimum atomic E-state index is -1.49. The molecule has 0 unspecified atom stereocenters. The third-order valence-corrected chi connectivity index (χ3v) is 16.9. The Morgan fingerprint density at radius 1 is 0.391 bits per heavy atom. The van der Waals surface area contributed by atoms with E-state index in [2.05, 4.69) is 47.9 Å². The Hall–Kier alpha value is -5.50. The number of hydrogen-bond donors (Lipinski definition) is 9. The van der Waals surface area contributed by atoms with Crippen LogP contribution in [-0.4, -0.2) is 125 Å². The Balaban J connectivity index is 1.96. The molecule has 3 fully saturated rings. The van der Waals surface area contributed by atoms with Gasteiger partial charge >= 0.3 is 12.1 Å². The lowest BCUT2D eigenvalue weighted by atomic mass is 9.75. The molecule has 0 aromatic rings. The zero-order valence-electron chi connectivity index (χ0n) is 56.8. The zero-order valence-corrected chi connectivity index (χ0v) is 56.8. The maximum atomic E-state index is 15.1. The van der Waals surface area contributed by atoms with E-state index in [0.29, 0.717) is 32.1 Å². The van der Waals surface area contributed by atoms with E-state index in [-0.39, 0.29) is 117 Å². The summed E-state index contributed by atoms with van der Waals surface area (Å²) in [6.45, 7) is 34.2. The average molecular weight is 1230 g/mol. The molecule has 3 aliphatic carbocycles. The van der Waals surface area contributed by atoms with E-state index in [1.54, 1.807) is 20.8 Å². The number of carbonyl (C=O) groups is 10. The van der Waals surface area contributed by atoms with E-state index >= 15 is 9.59 Å². The average Bonchev–Trinajstić information content (AvgIpc) is 1.03. The highest BCUT2D eigenvalue weighted by atomic mass is 16.6. The van der Waals surface area contributed by atoms with E-state index < -0.39 is 118 Å². The first-order chi connectivity index (χ1) is 40.3. The highest BCUT2D eigenvalue weighted by Gasteiger charge is 2.49. The Kier molecular flexibility index (Phi) is 29.5. The molecule has 0 spiro atoms. The Bertz CT molecular complexity index is 2340. The molecule has 3 aliphatic rings. The number of amides is 9. The number of methoxy groups -OCH3 is 1. The van der Waals surface area contributed by atoms with Gasteiger partial charge < -0.3 is 57.3 Å². The quantitative estimate of drug-likeness (QED) is 0.0310. The van der Waals surface area contributed by atoms with Crippen LogP contribution >= 0.6 is 0 Å². The predicted octanol–water partition coefficient (Wildman–Crippen LogP) is 7.95. The van der Waals surface area contributed by atoms with Crippen LogP contribution < -0.4 is 47.9 Å². The fourth-order valence-electron chi connectivity index (χ4n) is 13.0. The van der Waals surface area contributed by atoms with Crippen molar-refractivity contribution in [1.82, 2.24) is 47.9 Å². The number of hydrogen-bond acceptors (Lipinski definition) is 12. The molecule has 498 valence electrons. The number of ether oxygens (including phenoxy) is 2. The molecule has 21 heteroatoms. The van der Waals surface area contributed by atoms with E-state index in [9.17, 15) is 38.4 Å². The first-order valence-corrected chi connectivity index (χ1v) is 32.9. The summed E-state index contributed by atoms with van der Waals surface area (Å²) >= 11 is 0. The van der Waals surface area contributed by atoms with Crippen molar-refractivity contribution < 1.29 is 57.4 Å². The van der Waals surface area contributed by atoms with Crippen molar-refractivity contribution in [2.75, 3.05) is 7.11 Å². The van der Waals surface area contributed by atoms with Crippen LogP contribution in [0.15, 0.2) is 0 Å². The highest BCUT2D eigenvalue weighted by Crippen LogP contribution is 2.36. The molecule has 3 saturated carbocycles. The third-order valence-electron chi connectivity index (χ3n) is 16.9.